The molecule has 0 bridgehead atoms. The van der Waals surface area contributed by atoms with Gasteiger partial charge in [0.1, 0.15) is 17.1 Å². The van der Waals surface area contributed by atoms with E-state index in [1.807, 2.05) is 0 Å². The van der Waals surface area contributed by atoms with Crippen molar-refractivity contribution in [3.63, 3.8) is 0 Å². The highest BCUT2D eigenvalue weighted by Gasteiger charge is 2.16. The van der Waals surface area contributed by atoms with E-state index in [0.29, 0.717) is 22.7 Å². The van der Waals surface area contributed by atoms with Crippen molar-refractivity contribution in [1.82, 2.24) is 10.3 Å². The van der Waals surface area contributed by atoms with E-state index in [2.05, 4.69) is 15.6 Å². The van der Waals surface area contributed by atoms with Crippen LogP contribution in [0, 0.1) is 0 Å². The Bertz CT molecular complexity index is 1000. The van der Waals surface area contributed by atoms with Gasteiger partial charge in [-0.25, -0.2) is 9.78 Å². The number of carbonyl (C=O) groups excluding carboxylic acids is 2. The number of rotatable bonds is 5. The number of carbonyl (C=O) groups is 2. The number of anilines is 1. The van der Waals surface area contributed by atoms with Gasteiger partial charge in [0, 0.05) is 18.1 Å². The molecule has 138 valence electrons. The van der Waals surface area contributed by atoms with E-state index in [-0.39, 0.29) is 17.4 Å². The maximum Gasteiger partial charge on any atom is 0.316 e. The molecule has 3 amide bonds. The molecule has 3 rings (SSSR count). The van der Waals surface area contributed by atoms with Gasteiger partial charge in [-0.1, -0.05) is 0 Å². The van der Waals surface area contributed by atoms with Gasteiger partial charge in [0.2, 0.25) is 5.88 Å². The average molecular weight is 366 g/mol. The highest BCUT2D eigenvalue weighted by atomic mass is 16.5. The standard InChI is InChI=1S/C19H18N4O4/c1-21-17(24)15-10-11-9-14(26-2)7-8-16(11)23-18(15)27-13-5-3-12(4-6-13)22-19(20)25/h3-10H,1-2H3,(H,21,24)(H3,20,22,25). The Kier molecular flexibility index (Phi) is 5.07. The summed E-state index contributed by atoms with van der Waals surface area (Å²) in [4.78, 5) is 27.6. The first-order valence-corrected chi connectivity index (χ1v) is 8.05. The summed E-state index contributed by atoms with van der Waals surface area (Å²) in [6, 6.07) is 12.9. The van der Waals surface area contributed by atoms with Crippen molar-refractivity contribution in [3.05, 3.63) is 54.1 Å². The van der Waals surface area contributed by atoms with Crippen molar-refractivity contribution in [2.24, 2.45) is 5.73 Å². The Morgan fingerprint density at radius 3 is 2.37 bits per heavy atom. The number of pyridine rings is 1. The molecule has 0 aliphatic carbocycles. The van der Waals surface area contributed by atoms with Gasteiger partial charge in [-0.2, -0.15) is 0 Å². The van der Waals surface area contributed by atoms with E-state index in [1.165, 1.54) is 7.05 Å². The molecule has 0 spiro atoms. The number of amides is 3. The zero-order valence-electron chi connectivity index (χ0n) is 14.8. The number of ether oxygens (including phenoxy) is 2. The SMILES string of the molecule is CNC(=O)c1cc2cc(OC)ccc2nc1Oc1ccc(NC(N)=O)cc1. The number of nitrogens with one attached hydrogen (secondary N) is 2. The molecule has 8 heteroatoms. The Morgan fingerprint density at radius 2 is 1.74 bits per heavy atom. The van der Waals surface area contributed by atoms with Crippen LogP contribution >= 0.6 is 0 Å². The highest BCUT2D eigenvalue weighted by Crippen LogP contribution is 2.29. The molecule has 0 aliphatic heterocycles. The van der Waals surface area contributed by atoms with Crippen molar-refractivity contribution < 1.29 is 19.1 Å². The third-order valence-electron chi connectivity index (χ3n) is 3.80. The van der Waals surface area contributed by atoms with Crippen LogP contribution in [0.4, 0.5) is 10.5 Å². The Morgan fingerprint density at radius 1 is 1.04 bits per heavy atom. The normalized spacial score (nSPS) is 10.3. The Labute approximate surface area is 155 Å². The lowest BCUT2D eigenvalue weighted by Gasteiger charge is -2.12. The van der Waals surface area contributed by atoms with Crippen LogP contribution in [-0.2, 0) is 0 Å². The van der Waals surface area contributed by atoms with E-state index in [4.69, 9.17) is 15.2 Å². The van der Waals surface area contributed by atoms with Crippen molar-refractivity contribution >= 4 is 28.5 Å². The Hall–Kier alpha value is -3.81. The van der Waals surface area contributed by atoms with Gasteiger partial charge >= 0.3 is 6.03 Å². The van der Waals surface area contributed by atoms with Crippen LogP contribution in [0.25, 0.3) is 10.9 Å². The number of methoxy groups -OCH3 is 1. The summed E-state index contributed by atoms with van der Waals surface area (Å²) in [7, 11) is 3.11. The summed E-state index contributed by atoms with van der Waals surface area (Å²) in [5.74, 6) is 0.964. The second kappa shape index (κ2) is 7.61. The molecule has 1 heterocycles. The topological polar surface area (TPSA) is 116 Å². The number of fused-ring (bicyclic) bond motifs is 1. The van der Waals surface area contributed by atoms with Gasteiger partial charge < -0.3 is 25.8 Å². The number of benzene rings is 2. The van der Waals surface area contributed by atoms with Gasteiger partial charge in [-0.05, 0) is 48.5 Å². The van der Waals surface area contributed by atoms with Gasteiger partial charge in [0.25, 0.3) is 5.91 Å². The molecular formula is C19H18N4O4. The monoisotopic (exact) mass is 366 g/mol. The van der Waals surface area contributed by atoms with E-state index in [9.17, 15) is 9.59 Å². The lowest BCUT2D eigenvalue weighted by Crippen LogP contribution is -2.19. The molecule has 0 unspecified atom stereocenters. The summed E-state index contributed by atoms with van der Waals surface area (Å²) in [5.41, 5.74) is 6.56. The van der Waals surface area contributed by atoms with Crippen molar-refractivity contribution in [1.29, 1.82) is 0 Å². The molecule has 0 saturated heterocycles. The quantitative estimate of drug-likeness (QED) is 0.642. The Balaban J connectivity index is 1.98. The van der Waals surface area contributed by atoms with Gasteiger partial charge in [-0.3, -0.25) is 4.79 Å². The summed E-state index contributed by atoms with van der Waals surface area (Å²) >= 11 is 0. The molecular weight excluding hydrogens is 348 g/mol. The fraction of sp³-hybridized carbons (Fsp3) is 0.105. The third kappa shape index (κ3) is 4.06. The van der Waals surface area contributed by atoms with E-state index in [1.54, 1.807) is 55.6 Å². The molecule has 0 saturated carbocycles. The van der Waals surface area contributed by atoms with Crippen LogP contribution in [0.5, 0.6) is 17.4 Å². The highest BCUT2D eigenvalue weighted by molar-refractivity contribution is 6.00. The number of aromatic nitrogens is 1. The largest absolute Gasteiger partial charge is 0.497 e. The van der Waals surface area contributed by atoms with Crippen LogP contribution in [0.3, 0.4) is 0 Å². The minimum Gasteiger partial charge on any atom is -0.497 e. The third-order valence-corrected chi connectivity index (χ3v) is 3.80. The molecule has 0 radical (unpaired) electrons. The molecule has 2 aromatic carbocycles. The lowest BCUT2D eigenvalue weighted by atomic mass is 10.1. The second-order valence-corrected chi connectivity index (χ2v) is 5.59. The van der Waals surface area contributed by atoms with Crippen LogP contribution in [0.1, 0.15) is 10.4 Å². The first-order chi connectivity index (χ1) is 13.0. The van der Waals surface area contributed by atoms with Gasteiger partial charge in [-0.15, -0.1) is 0 Å². The number of hydrogen-bond acceptors (Lipinski definition) is 5. The zero-order valence-corrected chi connectivity index (χ0v) is 14.8. The van der Waals surface area contributed by atoms with Crippen molar-refractivity contribution in [3.8, 4) is 17.4 Å². The maximum absolute atomic E-state index is 12.3. The average Bonchev–Trinajstić information content (AvgIpc) is 2.67. The lowest BCUT2D eigenvalue weighted by molar-refractivity contribution is 0.0960. The second-order valence-electron chi connectivity index (χ2n) is 5.59. The molecule has 8 nitrogen and oxygen atoms in total. The van der Waals surface area contributed by atoms with Crippen LogP contribution in [-0.4, -0.2) is 31.1 Å². The molecule has 4 N–H and O–H groups in total. The van der Waals surface area contributed by atoms with Gasteiger partial charge in [0.05, 0.1) is 12.6 Å². The fourth-order valence-corrected chi connectivity index (χ4v) is 2.50. The van der Waals surface area contributed by atoms with E-state index >= 15 is 0 Å². The number of urea groups is 1. The molecule has 3 aromatic rings. The van der Waals surface area contributed by atoms with E-state index < -0.39 is 6.03 Å². The smallest absolute Gasteiger partial charge is 0.316 e. The predicted octanol–water partition coefficient (Wildman–Crippen LogP) is 2.89. The molecule has 1 aromatic heterocycles. The molecule has 27 heavy (non-hydrogen) atoms. The number of primary amides is 1. The first kappa shape index (κ1) is 18.0. The summed E-state index contributed by atoms with van der Waals surface area (Å²) in [5, 5.41) is 5.79. The van der Waals surface area contributed by atoms with E-state index in [0.717, 1.165) is 5.39 Å². The van der Waals surface area contributed by atoms with Crippen molar-refractivity contribution in [2.45, 2.75) is 0 Å². The first-order valence-electron chi connectivity index (χ1n) is 8.05. The fourth-order valence-electron chi connectivity index (χ4n) is 2.50. The maximum atomic E-state index is 12.3. The van der Waals surface area contributed by atoms with Crippen molar-refractivity contribution in [2.75, 3.05) is 19.5 Å². The summed E-state index contributed by atoms with van der Waals surface area (Å²) < 4.78 is 11.0. The van der Waals surface area contributed by atoms with Crippen LogP contribution < -0.4 is 25.8 Å². The minimum absolute atomic E-state index is 0.169. The molecule has 0 fully saturated rings. The zero-order chi connectivity index (χ0) is 19.4. The summed E-state index contributed by atoms with van der Waals surface area (Å²) in [6.07, 6.45) is 0. The predicted molar refractivity (Wildman–Crippen MR) is 101 cm³/mol. The van der Waals surface area contributed by atoms with Crippen LogP contribution in [0.15, 0.2) is 48.5 Å². The minimum atomic E-state index is -0.655. The number of hydrogen-bond donors (Lipinski definition) is 3. The summed E-state index contributed by atoms with van der Waals surface area (Å²) in [6.45, 7) is 0. The number of nitrogens with zero attached hydrogens (tertiary/aromatic N) is 1. The number of nitrogens with two attached hydrogens (primary N) is 1. The van der Waals surface area contributed by atoms with Gasteiger partial charge in [0.15, 0.2) is 0 Å². The van der Waals surface area contributed by atoms with Crippen LogP contribution in [0.2, 0.25) is 0 Å². The molecule has 0 atom stereocenters. The molecule has 0 aliphatic rings.